The van der Waals surface area contributed by atoms with Crippen molar-refractivity contribution in [1.29, 1.82) is 0 Å². The summed E-state index contributed by atoms with van der Waals surface area (Å²) >= 11 is 0. The number of benzene rings is 1. The van der Waals surface area contributed by atoms with Gasteiger partial charge in [0.1, 0.15) is 11.5 Å². The minimum atomic E-state index is -3.13. The van der Waals surface area contributed by atoms with E-state index in [1.54, 1.807) is 15.2 Å². The van der Waals surface area contributed by atoms with E-state index in [9.17, 15) is 8.42 Å². The molecule has 150 valence electrons. The van der Waals surface area contributed by atoms with Crippen LogP contribution in [0.4, 0.5) is 11.5 Å². The van der Waals surface area contributed by atoms with Gasteiger partial charge in [-0.25, -0.2) is 22.4 Å². The van der Waals surface area contributed by atoms with Crippen LogP contribution < -0.4 is 5.73 Å². The van der Waals surface area contributed by atoms with Gasteiger partial charge in [0.25, 0.3) is 0 Å². The Bertz CT molecular complexity index is 1230. The maximum atomic E-state index is 11.8. The third kappa shape index (κ3) is 3.20. The van der Waals surface area contributed by atoms with E-state index in [0.717, 1.165) is 52.8 Å². The molecule has 4 heterocycles. The van der Waals surface area contributed by atoms with Crippen molar-refractivity contribution in [2.24, 2.45) is 10.9 Å². The van der Waals surface area contributed by atoms with Crippen molar-refractivity contribution < 1.29 is 8.42 Å². The summed E-state index contributed by atoms with van der Waals surface area (Å²) in [6.07, 6.45) is 7.21. The molecule has 1 saturated heterocycles. The molecule has 5 rings (SSSR count). The number of sulfonamides is 1. The van der Waals surface area contributed by atoms with Crippen molar-refractivity contribution in [2.75, 3.05) is 25.1 Å². The number of rotatable bonds is 3. The Balaban J connectivity index is 1.44. The van der Waals surface area contributed by atoms with Crippen LogP contribution in [0.3, 0.4) is 0 Å². The minimum Gasteiger partial charge on any atom is -0.382 e. The number of hydrogen-bond donors (Lipinski definition) is 1. The van der Waals surface area contributed by atoms with E-state index in [1.165, 1.54) is 6.26 Å². The first-order valence-electron chi connectivity index (χ1n) is 9.65. The molecule has 2 aliphatic heterocycles. The summed E-state index contributed by atoms with van der Waals surface area (Å²) in [6, 6.07) is 7.95. The second-order valence-corrected chi connectivity index (χ2v) is 9.67. The molecule has 2 N–H and O–H groups in total. The number of aliphatic imine (C=N–C) groups is 1. The Labute approximate surface area is 169 Å². The zero-order valence-corrected chi connectivity index (χ0v) is 16.9. The van der Waals surface area contributed by atoms with E-state index < -0.39 is 10.0 Å². The van der Waals surface area contributed by atoms with Crippen LogP contribution >= 0.6 is 0 Å². The molecule has 0 radical (unpaired) electrons. The van der Waals surface area contributed by atoms with Gasteiger partial charge in [0.2, 0.25) is 10.0 Å². The van der Waals surface area contributed by atoms with Crippen LogP contribution in [0.1, 0.15) is 18.4 Å². The number of nitrogen functional groups attached to an aromatic ring is 1. The molecule has 0 spiro atoms. The SMILES string of the molecule is CS(=O)(=O)N1CCC(C2=Nc3c(N)nc4cc(-n5cccn5)ccc4c3C2)CC1. The normalized spacial score (nSPS) is 18.2. The number of piperidine rings is 1. The molecule has 2 aromatic heterocycles. The van der Waals surface area contributed by atoms with E-state index in [0.29, 0.717) is 18.9 Å². The highest BCUT2D eigenvalue weighted by Crippen LogP contribution is 2.40. The Morgan fingerprint density at radius 3 is 2.69 bits per heavy atom. The van der Waals surface area contributed by atoms with Gasteiger partial charge >= 0.3 is 0 Å². The molecule has 29 heavy (non-hydrogen) atoms. The molecule has 3 aromatic rings. The highest BCUT2D eigenvalue weighted by atomic mass is 32.2. The van der Waals surface area contributed by atoms with Gasteiger partial charge in [-0.3, -0.25) is 4.99 Å². The monoisotopic (exact) mass is 410 g/mol. The fraction of sp³-hybridized carbons (Fsp3) is 0.350. The first kappa shape index (κ1) is 18.3. The molecular weight excluding hydrogens is 388 g/mol. The third-order valence-electron chi connectivity index (χ3n) is 5.85. The summed E-state index contributed by atoms with van der Waals surface area (Å²) in [6.45, 7) is 1.08. The van der Waals surface area contributed by atoms with Crippen LogP contribution in [0.2, 0.25) is 0 Å². The minimum absolute atomic E-state index is 0.276. The Hall–Kier alpha value is -2.78. The average molecular weight is 411 g/mol. The summed E-state index contributed by atoms with van der Waals surface area (Å²) in [5, 5.41) is 5.33. The first-order valence-corrected chi connectivity index (χ1v) is 11.5. The molecular formula is C20H22N6O2S. The van der Waals surface area contributed by atoms with Crippen molar-refractivity contribution >= 4 is 38.1 Å². The molecule has 0 bridgehead atoms. The number of fused-ring (bicyclic) bond motifs is 3. The lowest BCUT2D eigenvalue weighted by molar-refractivity contribution is 0.317. The summed E-state index contributed by atoms with van der Waals surface area (Å²) in [5.74, 6) is 0.715. The van der Waals surface area contributed by atoms with Gasteiger partial charge in [-0.05, 0) is 36.6 Å². The van der Waals surface area contributed by atoms with Crippen molar-refractivity contribution in [2.45, 2.75) is 19.3 Å². The maximum absolute atomic E-state index is 11.8. The molecule has 9 heteroatoms. The summed E-state index contributed by atoms with van der Waals surface area (Å²) < 4.78 is 26.9. The predicted molar refractivity (Wildman–Crippen MR) is 113 cm³/mol. The van der Waals surface area contributed by atoms with Crippen LogP contribution in [0.5, 0.6) is 0 Å². The Kier molecular flexibility index (Phi) is 4.18. The van der Waals surface area contributed by atoms with E-state index in [1.807, 2.05) is 24.4 Å². The average Bonchev–Trinajstić information content (AvgIpc) is 3.38. The molecule has 1 fully saturated rings. The summed E-state index contributed by atoms with van der Waals surface area (Å²) in [7, 11) is -3.13. The topological polar surface area (TPSA) is 106 Å². The molecule has 0 atom stereocenters. The Morgan fingerprint density at radius 1 is 1.21 bits per heavy atom. The van der Waals surface area contributed by atoms with Crippen molar-refractivity contribution in [3.8, 4) is 5.69 Å². The van der Waals surface area contributed by atoms with Gasteiger partial charge in [0.15, 0.2) is 0 Å². The number of nitrogens with zero attached hydrogens (tertiary/aromatic N) is 5. The van der Waals surface area contributed by atoms with Crippen LogP contribution in [-0.4, -0.2) is 52.5 Å². The molecule has 1 aromatic carbocycles. The van der Waals surface area contributed by atoms with Crippen LogP contribution in [0.25, 0.3) is 16.6 Å². The lowest BCUT2D eigenvalue weighted by atomic mass is 9.90. The van der Waals surface area contributed by atoms with E-state index in [2.05, 4.69) is 16.1 Å². The molecule has 0 saturated carbocycles. The Morgan fingerprint density at radius 2 is 2.00 bits per heavy atom. The molecule has 2 aliphatic rings. The highest BCUT2D eigenvalue weighted by Gasteiger charge is 2.31. The third-order valence-corrected chi connectivity index (χ3v) is 7.16. The smallest absolute Gasteiger partial charge is 0.211 e. The fourth-order valence-electron chi connectivity index (χ4n) is 4.32. The van der Waals surface area contributed by atoms with E-state index in [4.69, 9.17) is 10.7 Å². The van der Waals surface area contributed by atoms with E-state index >= 15 is 0 Å². The zero-order valence-electron chi connectivity index (χ0n) is 16.1. The van der Waals surface area contributed by atoms with Crippen LogP contribution in [0.15, 0.2) is 41.7 Å². The van der Waals surface area contributed by atoms with Crippen molar-refractivity contribution in [3.05, 3.63) is 42.2 Å². The van der Waals surface area contributed by atoms with Gasteiger partial charge < -0.3 is 5.73 Å². The lowest BCUT2D eigenvalue weighted by Crippen LogP contribution is -2.39. The van der Waals surface area contributed by atoms with Crippen molar-refractivity contribution in [1.82, 2.24) is 19.1 Å². The molecule has 0 amide bonds. The maximum Gasteiger partial charge on any atom is 0.211 e. The van der Waals surface area contributed by atoms with Gasteiger partial charge in [-0.2, -0.15) is 5.10 Å². The van der Waals surface area contributed by atoms with Crippen molar-refractivity contribution in [3.63, 3.8) is 0 Å². The number of anilines is 1. The van der Waals surface area contributed by atoms with Gasteiger partial charge in [-0.15, -0.1) is 0 Å². The largest absolute Gasteiger partial charge is 0.382 e. The summed E-state index contributed by atoms with van der Waals surface area (Å²) in [4.78, 5) is 9.41. The van der Waals surface area contributed by atoms with Gasteiger partial charge in [0.05, 0.1) is 17.5 Å². The zero-order chi connectivity index (χ0) is 20.2. The number of hydrogen-bond acceptors (Lipinski definition) is 6. The second kappa shape index (κ2) is 6.64. The van der Waals surface area contributed by atoms with Crippen LogP contribution in [-0.2, 0) is 16.4 Å². The van der Waals surface area contributed by atoms with E-state index in [-0.39, 0.29) is 5.92 Å². The number of pyridine rings is 1. The fourth-order valence-corrected chi connectivity index (χ4v) is 5.20. The lowest BCUT2D eigenvalue weighted by Gasteiger charge is -2.30. The molecule has 0 unspecified atom stereocenters. The van der Waals surface area contributed by atoms with Gasteiger partial charge in [-0.1, -0.05) is 6.07 Å². The number of nitrogens with two attached hydrogens (primary N) is 1. The van der Waals surface area contributed by atoms with Gasteiger partial charge in [0, 0.05) is 48.9 Å². The van der Waals surface area contributed by atoms with Crippen LogP contribution in [0, 0.1) is 5.92 Å². The predicted octanol–water partition coefficient (Wildman–Crippen LogP) is 2.30. The standard InChI is InChI=1S/C20H22N6O2S/c1-29(27,28)25-9-5-13(6-10-25)17-12-16-15-4-3-14(26-8-2-7-22-26)11-18(15)24-20(21)19(16)23-17/h2-4,7-8,11,13H,5-6,9-10,12H2,1H3,(H2,21,24). The molecule has 0 aliphatic carbocycles. The first-order chi connectivity index (χ1) is 13.9. The second-order valence-electron chi connectivity index (χ2n) is 7.69. The summed E-state index contributed by atoms with van der Waals surface area (Å²) in [5.41, 5.74) is 11.0. The highest BCUT2D eigenvalue weighted by molar-refractivity contribution is 7.88. The quantitative estimate of drug-likeness (QED) is 0.713. The number of aromatic nitrogens is 3. The molecule has 8 nitrogen and oxygen atoms in total.